The van der Waals surface area contributed by atoms with E-state index in [9.17, 15) is 9.59 Å². The fourth-order valence-corrected chi connectivity index (χ4v) is 5.43. The summed E-state index contributed by atoms with van der Waals surface area (Å²) in [5.74, 6) is 0.860. The van der Waals surface area contributed by atoms with E-state index in [0.717, 1.165) is 11.1 Å². The smallest absolute Gasteiger partial charge is 0.255 e. The molecule has 0 spiro atoms. The van der Waals surface area contributed by atoms with Crippen molar-refractivity contribution in [2.45, 2.75) is 37.3 Å². The molecule has 0 aliphatic carbocycles. The molecule has 1 aliphatic heterocycles. The highest BCUT2D eigenvalue weighted by atomic mass is 16.5. The minimum Gasteiger partial charge on any atom is -0.497 e. The van der Waals surface area contributed by atoms with Crippen LogP contribution in [0.25, 0.3) is 0 Å². The average Bonchev–Trinajstić information content (AvgIpc) is 3.18. The molecule has 2 unspecified atom stereocenters. The SMILES string of the molecule is COc1ccc(C(=O)NCC2CCN(CC(c3ccccc3)c3ccccc3)C(=O)C(CCCN=C(N)N)N2)c(OC)c1. The summed E-state index contributed by atoms with van der Waals surface area (Å²) >= 11 is 0. The minimum absolute atomic E-state index is 0.0208. The topological polar surface area (TPSA) is 144 Å². The highest BCUT2D eigenvalue weighted by Gasteiger charge is 2.32. The monoisotopic (exact) mass is 586 g/mol. The number of benzene rings is 3. The number of guanidine groups is 1. The Labute approximate surface area is 253 Å². The van der Waals surface area contributed by atoms with Crippen LogP contribution in [0.4, 0.5) is 0 Å². The van der Waals surface area contributed by atoms with Gasteiger partial charge in [0.05, 0.1) is 25.8 Å². The summed E-state index contributed by atoms with van der Waals surface area (Å²) in [7, 11) is 3.08. The van der Waals surface area contributed by atoms with E-state index in [4.69, 9.17) is 20.9 Å². The number of ether oxygens (including phenoxy) is 2. The molecule has 2 amide bonds. The van der Waals surface area contributed by atoms with Crippen LogP contribution >= 0.6 is 0 Å². The van der Waals surface area contributed by atoms with Crippen LogP contribution in [0, 0.1) is 0 Å². The number of carbonyl (C=O) groups excluding carboxylic acids is 2. The third-order valence-corrected chi connectivity index (χ3v) is 7.71. The second-order valence-corrected chi connectivity index (χ2v) is 10.6. The van der Waals surface area contributed by atoms with E-state index in [1.807, 2.05) is 41.3 Å². The maximum absolute atomic E-state index is 14.0. The van der Waals surface area contributed by atoms with Gasteiger partial charge in [-0.2, -0.15) is 0 Å². The fourth-order valence-electron chi connectivity index (χ4n) is 5.43. The molecule has 1 heterocycles. The molecule has 1 aliphatic rings. The summed E-state index contributed by atoms with van der Waals surface area (Å²) in [6.07, 6.45) is 1.87. The Morgan fingerprint density at radius 1 is 1.02 bits per heavy atom. The summed E-state index contributed by atoms with van der Waals surface area (Å²) < 4.78 is 10.7. The van der Waals surface area contributed by atoms with Crippen LogP contribution in [0.3, 0.4) is 0 Å². The summed E-state index contributed by atoms with van der Waals surface area (Å²) in [4.78, 5) is 33.1. The molecule has 6 N–H and O–H groups in total. The standard InChI is InChI=1S/C33H42N6O4/c1-42-26-15-16-27(30(20-26)43-2)31(40)37-21-25-17-19-39(32(41)29(38-25)14-9-18-36-33(34)35)22-28(23-10-5-3-6-11-23)24-12-7-4-8-13-24/h3-8,10-13,15-16,20,25,28-29,38H,9,14,17-19,21-22H2,1-2H3,(H,37,40)(H4,34,35,36). The van der Waals surface area contributed by atoms with Gasteiger partial charge in [0.25, 0.3) is 5.91 Å². The average molecular weight is 587 g/mol. The van der Waals surface area contributed by atoms with Crippen LogP contribution in [-0.2, 0) is 4.79 Å². The molecule has 3 aromatic carbocycles. The van der Waals surface area contributed by atoms with Gasteiger partial charge in [0, 0.05) is 44.2 Å². The third kappa shape index (κ3) is 8.71. The van der Waals surface area contributed by atoms with E-state index >= 15 is 0 Å². The Morgan fingerprint density at radius 2 is 1.70 bits per heavy atom. The first-order valence-electron chi connectivity index (χ1n) is 14.6. The molecule has 0 radical (unpaired) electrons. The Bertz CT molecular complexity index is 1320. The van der Waals surface area contributed by atoms with Gasteiger partial charge in [0.1, 0.15) is 11.5 Å². The predicted molar refractivity (Wildman–Crippen MR) is 168 cm³/mol. The minimum atomic E-state index is -0.443. The number of amides is 2. The normalized spacial score (nSPS) is 16.8. The quantitative estimate of drug-likeness (QED) is 0.137. The van der Waals surface area contributed by atoms with Crippen molar-refractivity contribution in [2.75, 3.05) is 40.4 Å². The van der Waals surface area contributed by atoms with Crippen molar-refractivity contribution in [3.05, 3.63) is 95.6 Å². The largest absolute Gasteiger partial charge is 0.497 e. The molecule has 1 saturated heterocycles. The number of methoxy groups -OCH3 is 2. The lowest BCUT2D eigenvalue weighted by Crippen LogP contribution is -2.49. The van der Waals surface area contributed by atoms with Crippen LogP contribution in [0.5, 0.6) is 11.5 Å². The van der Waals surface area contributed by atoms with Crippen LogP contribution in [0.1, 0.15) is 46.7 Å². The van der Waals surface area contributed by atoms with Crippen LogP contribution in [-0.4, -0.2) is 75.2 Å². The van der Waals surface area contributed by atoms with E-state index in [1.54, 1.807) is 25.3 Å². The lowest BCUT2D eigenvalue weighted by molar-refractivity contribution is -0.133. The first kappa shape index (κ1) is 31.4. The first-order valence-corrected chi connectivity index (χ1v) is 14.6. The molecule has 10 nitrogen and oxygen atoms in total. The first-order chi connectivity index (χ1) is 20.9. The van der Waals surface area contributed by atoms with Gasteiger partial charge in [-0.25, -0.2) is 0 Å². The number of aliphatic imine (C=N–C) groups is 1. The molecule has 2 atom stereocenters. The highest BCUT2D eigenvalue weighted by molar-refractivity contribution is 5.97. The van der Waals surface area contributed by atoms with Crippen molar-refractivity contribution in [3.63, 3.8) is 0 Å². The van der Waals surface area contributed by atoms with Crippen molar-refractivity contribution >= 4 is 17.8 Å². The number of nitrogens with zero attached hydrogens (tertiary/aromatic N) is 2. The van der Waals surface area contributed by atoms with Crippen LogP contribution in [0.2, 0.25) is 0 Å². The maximum Gasteiger partial charge on any atom is 0.255 e. The molecule has 0 bridgehead atoms. The zero-order chi connectivity index (χ0) is 30.6. The summed E-state index contributed by atoms with van der Waals surface area (Å²) in [5.41, 5.74) is 13.7. The van der Waals surface area contributed by atoms with Gasteiger partial charge in [0.15, 0.2) is 5.96 Å². The predicted octanol–water partition coefficient (Wildman–Crippen LogP) is 2.88. The number of hydrogen-bond donors (Lipinski definition) is 4. The third-order valence-electron chi connectivity index (χ3n) is 7.71. The number of rotatable bonds is 13. The van der Waals surface area contributed by atoms with E-state index in [0.29, 0.717) is 62.5 Å². The lowest BCUT2D eigenvalue weighted by Gasteiger charge is -2.29. The number of carbonyl (C=O) groups is 2. The van der Waals surface area contributed by atoms with Crippen molar-refractivity contribution in [1.29, 1.82) is 0 Å². The molecule has 1 fully saturated rings. The fraction of sp³-hybridized carbons (Fsp3) is 0.364. The Morgan fingerprint density at radius 3 is 2.30 bits per heavy atom. The molecular weight excluding hydrogens is 544 g/mol. The number of nitrogens with one attached hydrogen (secondary N) is 2. The second kappa shape index (κ2) is 15.6. The van der Waals surface area contributed by atoms with Crippen molar-refractivity contribution in [1.82, 2.24) is 15.5 Å². The van der Waals surface area contributed by atoms with Crippen molar-refractivity contribution in [2.24, 2.45) is 16.5 Å². The molecule has 4 rings (SSSR count). The molecule has 43 heavy (non-hydrogen) atoms. The van der Waals surface area contributed by atoms with Gasteiger partial charge in [-0.1, -0.05) is 60.7 Å². The van der Waals surface area contributed by atoms with Gasteiger partial charge in [-0.15, -0.1) is 0 Å². The summed E-state index contributed by atoms with van der Waals surface area (Å²) in [5, 5.41) is 6.55. The highest BCUT2D eigenvalue weighted by Crippen LogP contribution is 2.27. The number of nitrogens with two attached hydrogens (primary N) is 2. The van der Waals surface area contributed by atoms with Gasteiger partial charge < -0.3 is 36.5 Å². The van der Waals surface area contributed by atoms with Gasteiger partial charge in [0.2, 0.25) is 5.91 Å². The number of hydrogen-bond acceptors (Lipinski definition) is 6. The van der Waals surface area contributed by atoms with Crippen molar-refractivity contribution in [3.8, 4) is 11.5 Å². The molecular formula is C33H42N6O4. The zero-order valence-electron chi connectivity index (χ0n) is 24.9. The molecule has 0 aromatic heterocycles. The summed E-state index contributed by atoms with van der Waals surface area (Å²) in [6, 6.07) is 25.1. The lowest BCUT2D eigenvalue weighted by atomic mass is 9.90. The Kier molecular flexibility index (Phi) is 11.4. The van der Waals surface area contributed by atoms with Crippen LogP contribution < -0.4 is 31.6 Å². The van der Waals surface area contributed by atoms with Crippen LogP contribution in [0.15, 0.2) is 83.9 Å². The summed E-state index contributed by atoms with van der Waals surface area (Å²) in [6.45, 7) is 1.88. The van der Waals surface area contributed by atoms with E-state index in [-0.39, 0.29) is 29.7 Å². The Balaban J connectivity index is 1.51. The zero-order valence-corrected chi connectivity index (χ0v) is 24.9. The molecule has 0 saturated carbocycles. The van der Waals surface area contributed by atoms with Gasteiger partial charge in [-0.3, -0.25) is 14.6 Å². The van der Waals surface area contributed by atoms with Crippen molar-refractivity contribution < 1.29 is 19.1 Å². The second-order valence-electron chi connectivity index (χ2n) is 10.6. The van der Waals surface area contributed by atoms with Gasteiger partial charge >= 0.3 is 0 Å². The maximum atomic E-state index is 14.0. The van der Waals surface area contributed by atoms with E-state index in [2.05, 4.69) is 39.9 Å². The molecule has 10 heteroatoms. The Hall–Kier alpha value is -4.57. The van der Waals surface area contributed by atoms with E-state index < -0.39 is 6.04 Å². The molecule has 228 valence electrons. The van der Waals surface area contributed by atoms with Gasteiger partial charge in [-0.05, 0) is 42.5 Å². The van der Waals surface area contributed by atoms with E-state index in [1.165, 1.54) is 7.11 Å². The molecule has 3 aromatic rings.